The van der Waals surface area contributed by atoms with Gasteiger partial charge in [-0.15, -0.1) is 11.8 Å². The van der Waals surface area contributed by atoms with Crippen molar-refractivity contribution in [2.75, 3.05) is 19.0 Å². The van der Waals surface area contributed by atoms with Crippen LogP contribution in [-0.4, -0.2) is 146 Å². The van der Waals surface area contributed by atoms with Crippen LogP contribution in [0.5, 0.6) is 0 Å². The van der Waals surface area contributed by atoms with Crippen molar-refractivity contribution in [1.82, 2.24) is 4.72 Å². The van der Waals surface area contributed by atoms with Crippen LogP contribution in [0.2, 0.25) is 33.2 Å². The Labute approximate surface area is 524 Å². The van der Waals surface area contributed by atoms with Gasteiger partial charge in [0.2, 0.25) is 10.0 Å². The van der Waals surface area contributed by atoms with Crippen LogP contribution in [0.4, 0.5) is 4.79 Å². The molecule has 482 valence electrons. The minimum atomic E-state index is -4.31. The summed E-state index contributed by atoms with van der Waals surface area (Å²) in [5, 5.41) is 13.1. The van der Waals surface area contributed by atoms with E-state index >= 15 is 0 Å². The zero-order valence-electron chi connectivity index (χ0n) is 53.3. The van der Waals surface area contributed by atoms with E-state index in [1.54, 1.807) is 18.2 Å². The molecule has 4 aromatic rings. The maximum absolute atomic E-state index is 14.7. The van der Waals surface area contributed by atoms with Crippen molar-refractivity contribution < 1.29 is 74.5 Å². The van der Waals surface area contributed by atoms with Crippen LogP contribution < -0.4 is 4.72 Å². The lowest BCUT2D eigenvalue weighted by atomic mass is 9.95. The third-order valence-electron chi connectivity index (χ3n) is 18.0. The predicted molar refractivity (Wildman–Crippen MR) is 340 cm³/mol. The van der Waals surface area contributed by atoms with E-state index in [0.717, 1.165) is 16.7 Å². The van der Waals surface area contributed by atoms with Gasteiger partial charge in [0.1, 0.15) is 48.2 Å². The summed E-state index contributed by atoms with van der Waals surface area (Å²) in [6, 6.07) is 36.2. The largest absolute Gasteiger partial charge is 0.509 e. The molecule has 0 aromatic heterocycles. The minimum absolute atomic E-state index is 0.00276. The third kappa shape index (κ3) is 16.2. The van der Waals surface area contributed by atoms with Crippen molar-refractivity contribution in [3.8, 4) is 0 Å². The first kappa shape index (κ1) is 69.3. The van der Waals surface area contributed by atoms with Crippen molar-refractivity contribution in [3.05, 3.63) is 138 Å². The molecular weight excluding hydrogens is 1180 g/mol. The van der Waals surface area contributed by atoms with Gasteiger partial charge in [0.25, 0.3) is 0 Å². The number of hydrogen-bond acceptors (Lipinski definition) is 17. The molecule has 0 saturated carbocycles. The molecule has 17 nitrogen and oxygen atoms in total. The lowest BCUT2D eigenvalue weighted by Crippen LogP contribution is -2.68. The van der Waals surface area contributed by atoms with Gasteiger partial charge in [-0.25, -0.2) is 17.9 Å². The quantitative estimate of drug-likeness (QED) is 0.0369. The van der Waals surface area contributed by atoms with Gasteiger partial charge in [0.05, 0.1) is 50.1 Å². The highest BCUT2D eigenvalue weighted by atomic mass is 32.2. The topological polar surface area (TPSA) is 194 Å². The number of ether oxygens (including phenoxy) is 10. The summed E-state index contributed by atoms with van der Waals surface area (Å²) < 4.78 is 116. The molecule has 4 aromatic carbocycles. The van der Waals surface area contributed by atoms with Crippen LogP contribution in [0.15, 0.2) is 126 Å². The third-order valence-corrected chi connectivity index (χ3v) is 32.7. The summed E-state index contributed by atoms with van der Waals surface area (Å²) in [5.74, 6) is 0.508. The summed E-state index contributed by atoms with van der Waals surface area (Å²) in [5.41, 5.74) is 2.98. The van der Waals surface area contributed by atoms with Crippen LogP contribution in [0.1, 0.15) is 114 Å². The number of carbonyl (C=O) groups excluding carboxylic acids is 1. The molecule has 0 spiro atoms. The van der Waals surface area contributed by atoms with Crippen LogP contribution >= 0.6 is 11.8 Å². The van der Waals surface area contributed by atoms with Gasteiger partial charge in [-0.2, -0.15) is 0 Å². The van der Waals surface area contributed by atoms with Gasteiger partial charge in [-0.05, 0) is 74.7 Å². The first-order valence-corrected chi connectivity index (χ1v) is 38.1. The molecule has 4 fully saturated rings. The van der Waals surface area contributed by atoms with Crippen LogP contribution in [0.3, 0.4) is 0 Å². The number of carbonyl (C=O) groups is 1. The molecule has 0 bridgehead atoms. The van der Waals surface area contributed by atoms with Crippen molar-refractivity contribution in [2.24, 2.45) is 0 Å². The zero-order valence-corrected chi connectivity index (χ0v) is 56.9. The Morgan fingerprint density at radius 1 is 0.529 bits per heavy atom. The van der Waals surface area contributed by atoms with Gasteiger partial charge in [0.15, 0.2) is 47.5 Å². The van der Waals surface area contributed by atoms with Gasteiger partial charge in [-0.1, -0.05) is 199 Å². The first-order valence-electron chi connectivity index (χ1n) is 31.3. The Bertz CT molecular complexity index is 2780. The lowest BCUT2D eigenvalue weighted by molar-refractivity contribution is -0.375. The van der Waals surface area contributed by atoms with Crippen molar-refractivity contribution >= 4 is 44.6 Å². The van der Waals surface area contributed by atoms with E-state index in [1.165, 1.54) is 23.9 Å². The lowest BCUT2D eigenvalue weighted by Gasteiger charge is -2.51. The number of thioether (sulfide) groups is 1. The number of sulfonamides is 1. The molecule has 21 heteroatoms. The Kier molecular flexibility index (Phi) is 24.8. The molecule has 4 heterocycles. The maximum atomic E-state index is 14.7. The molecule has 4 saturated heterocycles. The number of aliphatic hydroxyl groups is 1. The molecule has 7 unspecified atom stereocenters. The number of fused-ring (bicyclic) bond motifs is 1. The SMILES string of the molecule is CCSC1OC(CO[Si](C(C)C)(C(C)C)C(C)C)[C@H](O)[C@H](O[C@@H]2OC(CO[Si](C(C)C)(C(C)C)C(C)C)[C@@H]3OC(=O)O[C@@H]3C2O[C@@H]2OC(C)[C@H](OCc3ccccc3)[C@@H](OCc3ccccc3)C2OCc2ccccc2)C1NS(=O)(=O)c1ccccc1. The van der Waals surface area contributed by atoms with Crippen molar-refractivity contribution in [1.29, 1.82) is 0 Å². The molecule has 87 heavy (non-hydrogen) atoms. The summed E-state index contributed by atoms with van der Waals surface area (Å²) in [6.45, 7) is 30.6. The predicted octanol–water partition coefficient (Wildman–Crippen LogP) is 12.5. The molecule has 2 N–H and O–H groups in total. The van der Waals surface area contributed by atoms with E-state index < -0.39 is 124 Å². The summed E-state index contributed by atoms with van der Waals surface area (Å²) >= 11 is 1.37. The molecule has 8 rings (SSSR count). The average Bonchev–Trinajstić information content (AvgIpc) is 1.84. The number of hydrogen-bond donors (Lipinski definition) is 2. The molecule has 0 amide bonds. The Balaban J connectivity index is 1.25. The molecule has 15 atom stereocenters. The highest BCUT2D eigenvalue weighted by Crippen LogP contribution is 2.46. The highest BCUT2D eigenvalue weighted by molar-refractivity contribution is 7.99. The van der Waals surface area contributed by atoms with Gasteiger partial charge in [0, 0.05) is 0 Å². The second kappa shape index (κ2) is 31.1. The zero-order chi connectivity index (χ0) is 62.8. The van der Waals surface area contributed by atoms with E-state index in [4.69, 9.17) is 56.2 Å². The smallest absolute Gasteiger partial charge is 0.424 e. The molecule has 0 aliphatic carbocycles. The van der Waals surface area contributed by atoms with Crippen molar-refractivity contribution in [3.63, 3.8) is 0 Å². The average molecular weight is 1280 g/mol. The highest BCUT2D eigenvalue weighted by Gasteiger charge is 2.61. The summed E-state index contributed by atoms with van der Waals surface area (Å²) in [6.07, 6.45) is -15.7. The second-order valence-corrected chi connectivity index (χ2v) is 39.4. The van der Waals surface area contributed by atoms with E-state index in [0.29, 0.717) is 5.75 Å². The first-order chi connectivity index (χ1) is 41.5. The van der Waals surface area contributed by atoms with Crippen LogP contribution in [0, 0.1) is 0 Å². The van der Waals surface area contributed by atoms with Crippen LogP contribution in [-0.2, 0) is 86.1 Å². The van der Waals surface area contributed by atoms with E-state index in [9.17, 15) is 18.3 Å². The summed E-state index contributed by atoms with van der Waals surface area (Å²) in [7, 11) is -9.51. The van der Waals surface area contributed by atoms with Crippen LogP contribution in [0.25, 0.3) is 0 Å². The molecule has 4 aliphatic rings. The van der Waals surface area contributed by atoms with Crippen molar-refractivity contribution in [2.45, 2.75) is 246 Å². The Morgan fingerprint density at radius 2 is 0.943 bits per heavy atom. The minimum Gasteiger partial charge on any atom is -0.424 e. The number of aliphatic hydroxyl groups excluding tert-OH is 1. The monoisotopic (exact) mass is 1280 g/mol. The molecule has 4 aliphatic heterocycles. The molecule has 0 radical (unpaired) electrons. The fourth-order valence-electron chi connectivity index (χ4n) is 14.0. The number of rotatable bonds is 30. The van der Waals surface area contributed by atoms with Gasteiger partial charge in [-0.3, -0.25) is 0 Å². The normalized spacial score (nSPS) is 29.1. The van der Waals surface area contributed by atoms with E-state index in [2.05, 4.69) is 87.8 Å². The standard InChI is InChI=1S/C66H97NO16S2Si2/c1-15-84-65-54(67-85(70,71)51-34-26-19-27-35-51)58(55(68)52(79-65)39-75-86(41(2)3,42(4)5)43(6)7)80-64-62(60-57(82-66(69)83-60)53(78-64)40-76-87(44(8)9,45(10)11)46(12)13)81-63-61(74-38-50-32-24-18-25-33-50)59(73-37-49-30-22-17-23-31-49)56(47(14)77-63)72-36-48-28-20-16-21-29-48/h16-35,41-47,52-65,67-68H,15,36-40H2,1-14H3/t47?,52?,53?,54?,55-,56-,57-,58+,59+,60-,61?,62?,63-,64-,65?/m0/s1. The number of benzene rings is 4. The van der Waals surface area contributed by atoms with Gasteiger partial charge >= 0.3 is 6.16 Å². The summed E-state index contributed by atoms with van der Waals surface area (Å²) in [4.78, 5) is 13.9. The van der Waals surface area contributed by atoms with Gasteiger partial charge < -0.3 is 61.3 Å². The second-order valence-electron chi connectivity index (χ2n) is 25.4. The number of nitrogens with one attached hydrogen (secondary N) is 1. The van der Waals surface area contributed by atoms with E-state index in [1.807, 2.05) is 105 Å². The maximum Gasteiger partial charge on any atom is 0.509 e. The fourth-order valence-corrected chi connectivity index (χ4v) is 27.3. The van der Waals surface area contributed by atoms with E-state index in [-0.39, 0.29) is 71.2 Å². The molecular formula is C66H97NO16S2Si2. The Hall–Kier alpha value is -3.60. The Morgan fingerprint density at radius 3 is 1.41 bits per heavy atom. The fraction of sp³-hybridized carbons (Fsp3) is 0.621.